The molecule has 0 atom stereocenters. The lowest BCUT2D eigenvalue weighted by Crippen LogP contribution is -1.62. The predicted octanol–water partition coefficient (Wildman–Crippen LogP) is 3.86. The van der Waals surface area contributed by atoms with Crippen molar-refractivity contribution in [2.45, 2.75) is 6.92 Å². The van der Waals surface area contributed by atoms with E-state index in [-0.39, 0.29) is 0 Å². The van der Waals surface area contributed by atoms with Crippen LogP contribution >= 0.6 is 22.9 Å². The van der Waals surface area contributed by atoms with Crippen molar-refractivity contribution in [3.05, 3.63) is 34.2 Å². The molecule has 11 heavy (non-hydrogen) atoms. The number of thiophene rings is 1. The summed E-state index contributed by atoms with van der Waals surface area (Å²) in [6.45, 7) is 2.10. The summed E-state index contributed by atoms with van der Waals surface area (Å²) in [5.74, 6) is 0. The van der Waals surface area contributed by atoms with Crippen LogP contribution in [0.1, 0.15) is 4.88 Å². The van der Waals surface area contributed by atoms with Gasteiger partial charge in [0, 0.05) is 4.88 Å². The fourth-order valence-corrected chi connectivity index (χ4v) is 2.37. The summed E-state index contributed by atoms with van der Waals surface area (Å²) in [5.41, 5.74) is 0. The Labute approximate surface area is 74.4 Å². The van der Waals surface area contributed by atoms with Gasteiger partial charge in [0.1, 0.15) is 0 Å². The molecule has 1 heterocycles. The van der Waals surface area contributed by atoms with Gasteiger partial charge in [-0.15, -0.1) is 11.3 Å². The lowest BCUT2D eigenvalue weighted by Gasteiger charge is -1.89. The van der Waals surface area contributed by atoms with Crippen LogP contribution in [0.4, 0.5) is 0 Å². The summed E-state index contributed by atoms with van der Waals surface area (Å²) in [6.07, 6.45) is 0. The molecule has 0 aliphatic heterocycles. The van der Waals surface area contributed by atoms with Crippen molar-refractivity contribution in [1.29, 1.82) is 0 Å². The number of aryl methyl sites for hydroxylation is 1. The molecular weight excluding hydrogens is 176 g/mol. The molecule has 2 aromatic rings. The molecule has 0 saturated heterocycles. The number of fused-ring (bicyclic) bond motifs is 1. The topological polar surface area (TPSA) is 0 Å². The van der Waals surface area contributed by atoms with Crippen LogP contribution in [0.3, 0.4) is 0 Å². The van der Waals surface area contributed by atoms with Gasteiger partial charge in [0.05, 0.1) is 9.72 Å². The largest absolute Gasteiger partial charge is 0.139 e. The van der Waals surface area contributed by atoms with Crippen molar-refractivity contribution in [3.63, 3.8) is 0 Å². The van der Waals surface area contributed by atoms with E-state index in [1.165, 1.54) is 15.0 Å². The monoisotopic (exact) mass is 182 g/mol. The van der Waals surface area contributed by atoms with Gasteiger partial charge in [0.15, 0.2) is 0 Å². The van der Waals surface area contributed by atoms with Crippen molar-refractivity contribution in [3.8, 4) is 0 Å². The highest BCUT2D eigenvalue weighted by Gasteiger charge is 2.00. The average molecular weight is 183 g/mol. The molecule has 0 aliphatic rings. The smallest absolute Gasteiger partial charge is 0.0584 e. The zero-order valence-electron chi connectivity index (χ0n) is 6.10. The molecular formula is C9H7ClS. The standard InChI is InChI=1S/C9H7ClS/c1-6-5-7-3-2-4-8(10)9(7)11-6/h2-5H,1H3. The highest BCUT2D eigenvalue weighted by atomic mass is 35.5. The highest BCUT2D eigenvalue weighted by Crippen LogP contribution is 2.30. The van der Waals surface area contributed by atoms with Gasteiger partial charge in [-0.3, -0.25) is 0 Å². The van der Waals surface area contributed by atoms with Gasteiger partial charge < -0.3 is 0 Å². The summed E-state index contributed by atoms with van der Waals surface area (Å²) >= 11 is 7.73. The molecule has 0 amide bonds. The SMILES string of the molecule is Cc1cc2cccc(Cl)c2s1. The van der Waals surface area contributed by atoms with Gasteiger partial charge in [-0.1, -0.05) is 23.7 Å². The quantitative estimate of drug-likeness (QED) is 0.581. The zero-order chi connectivity index (χ0) is 7.84. The number of benzene rings is 1. The molecule has 56 valence electrons. The molecule has 0 unspecified atom stereocenters. The van der Waals surface area contributed by atoms with E-state index in [1.54, 1.807) is 11.3 Å². The highest BCUT2D eigenvalue weighted by molar-refractivity contribution is 7.19. The van der Waals surface area contributed by atoms with Crippen molar-refractivity contribution in [2.24, 2.45) is 0 Å². The lowest BCUT2D eigenvalue weighted by molar-refractivity contribution is 1.65. The third-order valence-electron chi connectivity index (χ3n) is 1.62. The van der Waals surface area contributed by atoms with E-state index in [0.717, 1.165) is 5.02 Å². The molecule has 2 rings (SSSR count). The lowest BCUT2D eigenvalue weighted by atomic mass is 10.2. The van der Waals surface area contributed by atoms with Crippen molar-refractivity contribution in [2.75, 3.05) is 0 Å². The van der Waals surface area contributed by atoms with Crippen LogP contribution in [0.2, 0.25) is 5.02 Å². The minimum Gasteiger partial charge on any atom is -0.139 e. The van der Waals surface area contributed by atoms with E-state index in [2.05, 4.69) is 19.1 Å². The van der Waals surface area contributed by atoms with Crippen LogP contribution in [0.15, 0.2) is 24.3 Å². The molecule has 0 saturated carbocycles. The Morgan fingerprint density at radius 1 is 1.36 bits per heavy atom. The second kappa shape index (κ2) is 2.50. The first kappa shape index (κ1) is 7.14. The average Bonchev–Trinajstić information content (AvgIpc) is 2.31. The first-order valence-electron chi connectivity index (χ1n) is 3.42. The summed E-state index contributed by atoms with van der Waals surface area (Å²) < 4.78 is 1.20. The van der Waals surface area contributed by atoms with Gasteiger partial charge >= 0.3 is 0 Å². The van der Waals surface area contributed by atoms with Crippen molar-refractivity contribution in [1.82, 2.24) is 0 Å². The first-order chi connectivity index (χ1) is 5.27. The van der Waals surface area contributed by atoms with Crippen LogP contribution in [0.25, 0.3) is 10.1 Å². The fraction of sp³-hybridized carbons (Fsp3) is 0.111. The predicted molar refractivity (Wildman–Crippen MR) is 51.6 cm³/mol. The maximum Gasteiger partial charge on any atom is 0.0584 e. The van der Waals surface area contributed by atoms with E-state index >= 15 is 0 Å². The maximum absolute atomic E-state index is 5.98. The Balaban J connectivity index is 2.90. The zero-order valence-corrected chi connectivity index (χ0v) is 7.67. The van der Waals surface area contributed by atoms with E-state index in [4.69, 9.17) is 11.6 Å². The number of hydrogen-bond acceptors (Lipinski definition) is 1. The molecule has 0 fully saturated rings. The Morgan fingerprint density at radius 3 is 2.91 bits per heavy atom. The van der Waals surface area contributed by atoms with E-state index in [9.17, 15) is 0 Å². The Morgan fingerprint density at radius 2 is 2.18 bits per heavy atom. The number of halogens is 1. The van der Waals surface area contributed by atoms with Gasteiger partial charge in [-0.05, 0) is 24.4 Å². The van der Waals surface area contributed by atoms with Gasteiger partial charge in [-0.25, -0.2) is 0 Å². The normalized spacial score (nSPS) is 10.7. The van der Waals surface area contributed by atoms with Crippen molar-refractivity contribution >= 4 is 33.0 Å². The summed E-state index contributed by atoms with van der Waals surface area (Å²) in [6, 6.07) is 8.16. The molecule has 0 N–H and O–H groups in total. The summed E-state index contributed by atoms with van der Waals surface area (Å²) in [4.78, 5) is 1.31. The van der Waals surface area contributed by atoms with E-state index in [1.807, 2.05) is 12.1 Å². The molecule has 0 nitrogen and oxygen atoms in total. The molecule has 0 radical (unpaired) electrons. The third kappa shape index (κ3) is 1.15. The Bertz CT molecular complexity index is 389. The van der Waals surface area contributed by atoms with Crippen LogP contribution in [-0.2, 0) is 0 Å². The van der Waals surface area contributed by atoms with Crippen molar-refractivity contribution < 1.29 is 0 Å². The number of hydrogen-bond donors (Lipinski definition) is 0. The first-order valence-corrected chi connectivity index (χ1v) is 4.61. The van der Waals surface area contributed by atoms with Gasteiger partial charge in [0.2, 0.25) is 0 Å². The van der Waals surface area contributed by atoms with E-state index < -0.39 is 0 Å². The minimum absolute atomic E-state index is 0.862. The molecule has 1 aromatic heterocycles. The molecule has 0 aliphatic carbocycles. The second-order valence-corrected chi connectivity index (χ2v) is 4.18. The van der Waals surface area contributed by atoms with Gasteiger partial charge in [0.25, 0.3) is 0 Å². The minimum atomic E-state index is 0.862. The second-order valence-electron chi connectivity index (χ2n) is 2.52. The van der Waals surface area contributed by atoms with Gasteiger partial charge in [-0.2, -0.15) is 0 Å². The van der Waals surface area contributed by atoms with Crippen LogP contribution in [-0.4, -0.2) is 0 Å². The molecule has 2 heteroatoms. The Hall–Kier alpha value is -0.530. The maximum atomic E-state index is 5.98. The van der Waals surface area contributed by atoms with E-state index in [0.29, 0.717) is 0 Å². The fourth-order valence-electron chi connectivity index (χ4n) is 1.16. The molecule has 0 spiro atoms. The number of rotatable bonds is 0. The Kier molecular flexibility index (Phi) is 1.63. The van der Waals surface area contributed by atoms with Crippen LogP contribution in [0.5, 0.6) is 0 Å². The summed E-state index contributed by atoms with van der Waals surface area (Å²) in [5, 5.41) is 2.11. The molecule has 1 aromatic carbocycles. The third-order valence-corrected chi connectivity index (χ3v) is 3.15. The van der Waals surface area contributed by atoms with Crippen LogP contribution in [0, 0.1) is 6.92 Å². The van der Waals surface area contributed by atoms with Crippen LogP contribution < -0.4 is 0 Å². The molecule has 0 bridgehead atoms. The summed E-state index contributed by atoms with van der Waals surface area (Å²) in [7, 11) is 0.